The molecule has 0 atom stereocenters. The van der Waals surface area contributed by atoms with Gasteiger partial charge in [-0.3, -0.25) is 18.8 Å². The predicted octanol–water partition coefficient (Wildman–Crippen LogP) is 2.48. The fourth-order valence-electron chi connectivity index (χ4n) is 4.02. The molecule has 0 radical (unpaired) electrons. The number of fused-ring (bicyclic) bond motifs is 1. The Labute approximate surface area is 177 Å². The zero-order valence-corrected chi connectivity index (χ0v) is 18.6. The van der Waals surface area contributed by atoms with Crippen molar-refractivity contribution in [1.82, 2.24) is 23.6 Å². The van der Waals surface area contributed by atoms with Crippen molar-refractivity contribution in [2.75, 3.05) is 13.1 Å². The van der Waals surface area contributed by atoms with Gasteiger partial charge in [0.05, 0.1) is 6.54 Å². The van der Waals surface area contributed by atoms with Crippen molar-refractivity contribution in [3.8, 4) is 0 Å². The van der Waals surface area contributed by atoms with Crippen LogP contribution in [0.15, 0.2) is 38.3 Å². The molecule has 1 fully saturated rings. The Bertz CT molecular complexity index is 1170. The number of rotatable bonds is 4. The minimum atomic E-state index is -0.354. The third-order valence-corrected chi connectivity index (χ3v) is 6.39. The summed E-state index contributed by atoms with van der Waals surface area (Å²) in [6, 6.07) is 8.05. The number of piperidine rings is 1. The summed E-state index contributed by atoms with van der Waals surface area (Å²) in [5, 5.41) is 0. The number of halogens is 1. The van der Waals surface area contributed by atoms with Gasteiger partial charge in [0.2, 0.25) is 0 Å². The Kier molecular flexibility index (Phi) is 5.48. The highest BCUT2D eigenvalue weighted by molar-refractivity contribution is 9.10. The Balaban J connectivity index is 1.84. The van der Waals surface area contributed by atoms with Gasteiger partial charge in [-0.2, -0.15) is 0 Å². The first-order valence-electron chi connectivity index (χ1n) is 9.97. The number of benzene rings is 1. The molecule has 1 aliphatic rings. The maximum absolute atomic E-state index is 13.0. The average molecular weight is 460 g/mol. The normalized spacial score (nSPS) is 16.0. The summed E-state index contributed by atoms with van der Waals surface area (Å²) >= 11 is 3.52. The third kappa shape index (κ3) is 3.83. The van der Waals surface area contributed by atoms with Gasteiger partial charge in [0.15, 0.2) is 11.2 Å². The predicted molar refractivity (Wildman–Crippen MR) is 117 cm³/mol. The zero-order chi connectivity index (χ0) is 20.7. The first-order chi connectivity index (χ1) is 13.8. The van der Waals surface area contributed by atoms with Crippen molar-refractivity contribution in [3.63, 3.8) is 0 Å². The topological polar surface area (TPSA) is 65.1 Å². The first kappa shape index (κ1) is 20.1. The highest BCUT2D eigenvalue weighted by Crippen LogP contribution is 2.21. The Morgan fingerprint density at radius 2 is 1.83 bits per heavy atom. The minimum Gasteiger partial charge on any atom is -0.317 e. The van der Waals surface area contributed by atoms with Gasteiger partial charge in [0.1, 0.15) is 5.82 Å². The highest BCUT2D eigenvalue weighted by atomic mass is 79.9. The van der Waals surface area contributed by atoms with Gasteiger partial charge in [-0.25, -0.2) is 9.78 Å². The third-order valence-electron chi connectivity index (χ3n) is 5.90. The van der Waals surface area contributed by atoms with Crippen LogP contribution in [0.25, 0.3) is 11.2 Å². The van der Waals surface area contributed by atoms with Crippen molar-refractivity contribution in [2.24, 2.45) is 20.0 Å². The van der Waals surface area contributed by atoms with Crippen molar-refractivity contribution in [3.05, 3.63) is 61.0 Å². The molecule has 3 heterocycles. The largest absolute Gasteiger partial charge is 0.332 e. The quantitative estimate of drug-likeness (QED) is 0.600. The smallest absolute Gasteiger partial charge is 0.317 e. The molecule has 0 unspecified atom stereocenters. The van der Waals surface area contributed by atoms with Crippen LogP contribution in [0.2, 0.25) is 0 Å². The molecule has 0 spiro atoms. The molecule has 7 nitrogen and oxygen atoms in total. The molecule has 154 valence electrons. The van der Waals surface area contributed by atoms with E-state index in [1.165, 1.54) is 24.5 Å². The summed E-state index contributed by atoms with van der Waals surface area (Å²) in [6.07, 6.45) is 2.35. The SMILES string of the molecule is CC1CCN(Cc2nc3c(c(=O)n(C)c(=O)n3C)n2Cc2cccc(Br)c2)CC1. The van der Waals surface area contributed by atoms with Gasteiger partial charge in [-0.15, -0.1) is 0 Å². The molecule has 0 bridgehead atoms. The molecule has 4 rings (SSSR count). The second-order valence-electron chi connectivity index (χ2n) is 8.08. The van der Waals surface area contributed by atoms with Crippen LogP contribution >= 0.6 is 15.9 Å². The van der Waals surface area contributed by atoms with Gasteiger partial charge in [-0.05, 0) is 49.5 Å². The van der Waals surface area contributed by atoms with Gasteiger partial charge < -0.3 is 4.57 Å². The van der Waals surface area contributed by atoms with Gasteiger partial charge >= 0.3 is 5.69 Å². The monoisotopic (exact) mass is 459 g/mol. The maximum Gasteiger partial charge on any atom is 0.332 e. The van der Waals surface area contributed by atoms with Crippen LogP contribution in [0.1, 0.15) is 31.2 Å². The molecule has 1 aromatic carbocycles. The molecule has 0 aliphatic carbocycles. The highest BCUT2D eigenvalue weighted by Gasteiger charge is 2.22. The van der Waals surface area contributed by atoms with E-state index in [1.54, 1.807) is 7.05 Å². The van der Waals surface area contributed by atoms with Crippen molar-refractivity contribution < 1.29 is 0 Å². The minimum absolute atomic E-state index is 0.302. The second kappa shape index (κ2) is 7.91. The first-order valence-corrected chi connectivity index (χ1v) is 10.8. The van der Waals surface area contributed by atoms with E-state index in [4.69, 9.17) is 4.98 Å². The lowest BCUT2D eigenvalue weighted by molar-refractivity contribution is 0.180. The average Bonchev–Trinajstić information content (AvgIpc) is 3.04. The van der Waals surface area contributed by atoms with Crippen molar-refractivity contribution in [1.29, 1.82) is 0 Å². The van der Waals surface area contributed by atoms with Crippen LogP contribution in [0, 0.1) is 5.92 Å². The molecule has 8 heteroatoms. The molecule has 29 heavy (non-hydrogen) atoms. The Morgan fingerprint density at radius 3 is 2.52 bits per heavy atom. The molecular formula is C21H26BrN5O2. The summed E-state index contributed by atoms with van der Waals surface area (Å²) in [5.41, 5.74) is 1.35. The fraction of sp³-hybridized carbons (Fsp3) is 0.476. The van der Waals surface area contributed by atoms with Crippen LogP contribution in [-0.2, 0) is 27.2 Å². The van der Waals surface area contributed by atoms with E-state index in [-0.39, 0.29) is 11.2 Å². The number of aromatic nitrogens is 4. The fourth-order valence-corrected chi connectivity index (χ4v) is 4.47. The van der Waals surface area contributed by atoms with Gasteiger partial charge in [0, 0.05) is 25.1 Å². The summed E-state index contributed by atoms with van der Waals surface area (Å²) in [5.74, 6) is 1.58. The summed E-state index contributed by atoms with van der Waals surface area (Å²) < 4.78 is 5.60. The molecular weight excluding hydrogens is 434 g/mol. The van der Waals surface area contributed by atoms with Crippen molar-refractivity contribution in [2.45, 2.75) is 32.9 Å². The summed E-state index contributed by atoms with van der Waals surface area (Å²) in [7, 11) is 3.19. The number of nitrogens with zero attached hydrogens (tertiary/aromatic N) is 5. The van der Waals surface area contributed by atoms with Crippen LogP contribution < -0.4 is 11.2 Å². The zero-order valence-electron chi connectivity index (χ0n) is 17.1. The number of hydrogen-bond donors (Lipinski definition) is 0. The lowest BCUT2D eigenvalue weighted by atomic mass is 9.99. The summed E-state index contributed by atoms with van der Waals surface area (Å²) in [4.78, 5) is 32.6. The van der Waals surface area contributed by atoms with E-state index in [9.17, 15) is 9.59 Å². The number of imidazole rings is 1. The van der Waals surface area contributed by atoms with Crippen LogP contribution in [0.3, 0.4) is 0 Å². The molecule has 2 aromatic heterocycles. The van der Waals surface area contributed by atoms with E-state index in [0.717, 1.165) is 39.4 Å². The number of likely N-dealkylation sites (tertiary alicyclic amines) is 1. The Hall–Kier alpha value is -2.19. The molecule has 1 saturated heterocycles. The molecule has 0 saturated carbocycles. The second-order valence-corrected chi connectivity index (χ2v) is 9.00. The molecule has 0 N–H and O–H groups in total. The van der Waals surface area contributed by atoms with E-state index in [0.29, 0.717) is 24.3 Å². The molecule has 3 aromatic rings. The summed E-state index contributed by atoms with van der Waals surface area (Å²) in [6.45, 7) is 5.55. The van der Waals surface area contributed by atoms with E-state index in [2.05, 4.69) is 27.8 Å². The van der Waals surface area contributed by atoms with Crippen LogP contribution in [0.4, 0.5) is 0 Å². The Morgan fingerprint density at radius 1 is 1.10 bits per heavy atom. The number of aryl methyl sites for hydroxylation is 1. The maximum atomic E-state index is 13.0. The van der Waals surface area contributed by atoms with E-state index >= 15 is 0 Å². The van der Waals surface area contributed by atoms with Gasteiger partial charge in [-0.1, -0.05) is 35.0 Å². The van der Waals surface area contributed by atoms with E-state index in [1.807, 2.05) is 28.8 Å². The lowest BCUT2D eigenvalue weighted by Gasteiger charge is -2.29. The number of hydrogen-bond acceptors (Lipinski definition) is 4. The van der Waals surface area contributed by atoms with Crippen LogP contribution in [-0.4, -0.2) is 36.7 Å². The van der Waals surface area contributed by atoms with E-state index < -0.39 is 0 Å². The lowest BCUT2D eigenvalue weighted by Crippen LogP contribution is -2.37. The standard InChI is InChI=1S/C21H26BrN5O2/c1-14-7-9-26(10-8-14)13-17-23-19-18(20(28)25(3)21(29)24(19)2)27(17)12-15-5-4-6-16(22)11-15/h4-6,11,14H,7-10,12-13H2,1-3H3. The molecule has 1 aliphatic heterocycles. The van der Waals surface area contributed by atoms with Crippen molar-refractivity contribution >= 4 is 27.1 Å². The molecule has 0 amide bonds. The van der Waals surface area contributed by atoms with Gasteiger partial charge in [0.25, 0.3) is 5.56 Å². The van der Waals surface area contributed by atoms with Crippen LogP contribution in [0.5, 0.6) is 0 Å².